The van der Waals surface area contributed by atoms with Crippen LogP contribution in [0.15, 0.2) is 0 Å². The van der Waals surface area contributed by atoms with Gasteiger partial charge in [-0.2, -0.15) is 0 Å². The van der Waals surface area contributed by atoms with Crippen molar-refractivity contribution in [2.45, 2.75) is 58.0 Å². The summed E-state index contributed by atoms with van der Waals surface area (Å²) in [7, 11) is 0. The third-order valence-corrected chi connectivity index (χ3v) is 3.21. The van der Waals surface area contributed by atoms with Crippen LogP contribution in [-0.2, 0) is 4.74 Å². The lowest BCUT2D eigenvalue weighted by Crippen LogP contribution is -2.21. The Bertz CT molecular complexity index is 128. The Labute approximate surface area is 87.7 Å². The number of hydrogen-bond donors (Lipinski definition) is 1. The molecule has 1 rings (SSSR count). The van der Waals surface area contributed by atoms with Crippen molar-refractivity contribution in [1.82, 2.24) is 0 Å². The quantitative estimate of drug-likeness (QED) is 0.546. The van der Waals surface area contributed by atoms with Gasteiger partial charge in [0.2, 0.25) is 0 Å². The molecule has 14 heavy (non-hydrogen) atoms. The van der Waals surface area contributed by atoms with Gasteiger partial charge in [-0.1, -0.05) is 25.7 Å². The SMILES string of the molecule is CCOCCC(O)C1CCCCCC1. The second kappa shape index (κ2) is 7.24. The molecule has 0 bridgehead atoms. The molecule has 1 fully saturated rings. The van der Waals surface area contributed by atoms with Crippen LogP contribution in [-0.4, -0.2) is 24.4 Å². The summed E-state index contributed by atoms with van der Waals surface area (Å²) in [5, 5.41) is 9.95. The molecule has 1 unspecified atom stereocenters. The van der Waals surface area contributed by atoms with Crippen LogP contribution in [0.4, 0.5) is 0 Å². The molecule has 0 saturated heterocycles. The first kappa shape index (κ1) is 12.0. The summed E-state index contributed by atoms with van der Waals surface area (Å²) >= 11 is 0. The Morgan fingerprint density at radius 2 is 1.86 bits per heavy atom. The van der Waals surface area contributed by atoms with Gasteiger partial charge in [0.15, 0.2) is 0 Å². The van der Waals surface area contributed by atoms with Gasteiger partial charge < -0.3 is 9.84 Å². The van der Waals surface area contributed by atoms with Crippen LogP contribution in [0, 0.1) is 5.92 Å². The predicted molar refractivity (Wildman–Crippen MR) is 58.3 cm³/mol. The maximum Gasteiger partial charge on any atom is 0.0590 e. The molecule has 1 saturated carbocycles. The van der Waals surface area contributed by atoms with E-state index in [1.165, 1.54) is 38.5 Å². The smallest absolute Gasteiger partial charge is 0.0590 e. The van der Waals surface area contributed by atoms with Gasteiger partial charge >= 0.3 is 0 Å². The minimum atomic E-state index is -0.125. The van der Waals surface area contributed by atoms with Crippen LogP contribution < -0.4 is 0 Å². The van der Waals surface area contributed by atoms with Gasteiger partial charge in [0, 0.05) is 13.2 Å². The van der Waals surface area contributed by atoms with Crippen LogP contribution in [0.3, 0.4) is 0 Å². The largest absolute Gasteiger partial charge is 0.393 e. The zero-order valence-electron chi connectivity index (χ0n) is 9.37. The first-order valence-corrected chi connectivity index (χ1v) is 6.10. The molecule has 0 aromatic rings. The number of aliphatic hydroxyl groups excluding tert-OH is 1. The van der Waals surface area contributed by atoms with Gasteiger partial charge in [0.25, 0.3) is 0 Å². The van der Waals surface area contributed by atoms with Crippen LogP contribution in [0.5, 0.6) is 0 Å². The molecular formula is C12H24O2. The second-order valence-corrected chi connectivity index (χ2v) is 4.30. The average molecular weight is 200 g/mol. The highest BCUT2D eigenvalue weighted by atomic mass is 16.5. The Morgan fingerprint density at radius 3 is 2.43 bits per heavy atom. The molecule has 1 N–H and O–H groups in total. The fraction of sp³-hybridized carbons (Fsp3) is 1.00. The summed E-state index contributed by atoms with van der Waals surface area (Å²) in [5.74, 6) is 0.540. The van der Waals surface area contributed by atoms with Crippen LogP contribution >= 0.6 is 0 Å². The molecule has 1 aliphatic carbocycles. The molecule has 0 radical (unpaired) electrons. The first-order chi connectivity index (χ1) is 6.84. The molecule has 84 valence electrons. The highest BCUT2D eigenvalue weighted by Crippen LogP contribution is 2.26. The molecule has 0 amide bonds. The van der Waals surface area contributed by atoms with Crippen molar-refractivity contribution in [3.63, 3.8) is 0 Å². The van der Waals surface area contributed by atoms with Gasteiger partial charge in [0.05, 0.1) is 6.10 Å². The van der Waals surface area contributed by atoms with E-state index in [-0.39, 0.29) is 6.10 Å². The average Bonchev–Trinajstić information content (AvgIpc) is 2.46. The van der Waals surface area contributed by atoms with E-state index in [9.17, 15) is 5.11 Å². The normalized spacial score (nSPS) is 21.9. The lowest BCUT2D eigenvalue weighted by molar-refractivity contribution is 0.0494. The van der Waals surface area contributed by atoms with E-state index >= 15 is 0 Å². The van der Waals surface area contributed by atoms with E-state index in [4.69, 9.17) is 4.74 Å². The van der Waals surface area contributed by atoms with Crippen molar-refractivity contribution in [3.8, 4) is 0 Å². The van der Waals surface area contributed by atoms with Gasteiger partial charge in [-0.25, -0.2) is 0 Å². The van der Waals surface area contributed by atoms with Crippen molar-refractivity contribution >= 4 is 0 Å². The van der Waals surface area contributed by atoms with Gasteiger partial charge in [-0.05, 0) is 32.1 Å². The molecule has 1 aliphatic rings. The lowest BCUT2D eigenvalue weighted by Gasteiger charge is -2.20. The second-order valence-electron chi connectivity index (χ2n) is 4.30. The minimum absolute atomic E-state index is 0.125. The maximum absolute atomic E-state index is 9.95. The van der Waals surface area contributed by atoms with Crippen molar-refractivity contribution in [2.75, 3.05) is 13.2 Å². The molecular weight excluding hydrogens is 176 g/mol. The molecule has 0 aromatic heterocycles. The summed E-state index contributed by atoms with van der Waals surface area (Å²) in [4.78, 5) is 0. The van der Waals surface area contributed by atoms with Crippen LogP contribution in [0.25, 0.3) is 0 Å². The first-order valence-electron chi connectivity index (χ1n) is 6.10. The van der Waals surface area contributed by atoms with Crippen molar-refractivity contribution in [3.05, 3.63) is 0 Å². The Kier molecular flexibility index (Phi) is 6.20. The standard InChI is InChI=1S/C12H24O2/c1-2-14-10-9-12(13)11-7-5-3-4-6-8-11/h11-13H,2-10H2,1H3. The predicted octanol–water partition coefficient (Wildman–Crippen LogP) is 2.74. The zero-order valence-corrected chi connectivity index (χ0v) is 9.37. The number of aliphatic hydroxyl groups is 1. The summed E-state index contributed by atoms with van der Waals surface area (Å²) in [6.07, 6.45) is 8.44. The summed E-state index contributed by atoms with van der Waals surface area (Å²) in [6.45, 7) is 3.48. The molecule has 1 atom stereocenters. The van der Waals surface area contributed by atoms with E-state index in [1.54, 1.807) is 0 Å². The van der Waals surface area contributed by atoms with Gasteiger partial charge in [-0.3, -0.25) is 0 Å². The molecule has 2 nitrogen and oxygen atoms in total. The molecule has 2 heteroatoms. The van der Waals surface area contributed by atoms with E-state index in [0.29, 0.717) is 12.5 Å². The van der Waals surface area contributed by atoms with Crippen LogP contribution in [0.2, 0.25) is 0 Å². The topological polar surface area (TPSA) is 29.5 Å². The van der Waals surface area contributed by atoms with E-state index < -0.39 is 0 Å². The number of hydrogen-bond acceptors (Lipinski definition) is 2. The van der Waals surface area contributed by atoms with E-state index in [1.807, 2.05) is 6.92 Å². The van der Waals surface area contributed by atoms with E-state index in [2.05, 4.69) is 0 Å². The summed E-state index contributed by atoms with van der Waals surface area (Å²) in [6, 6.07) is 0. The fourth-order valence-corrected chi connectivity index (χ4v) is 2.28. The third-order valence-electron chi connectivity index (χ3n) is 3.21. The zero-order chi connectivity index (χ0) is 10.2. The Morgan fingerprint density at radius 1 is 1.21 bits per heavy atom. The Balaban J connectivity index is 2.16. The van der Waals surface area contributed by atoms with E-state index in [0.717, 1.165) is 13.0 Å². The van der Waals surface area contributed by atoms with Crippen molar-refractivity contribution < 1.29 is 9.84 Å². The highest BCUT2D eigenvalue weighted by Gasteiger charge is 2.19. The molecule has 0 heterocycles. The number of ether oxygens (including phenoxy) is 1. The molecule has 0 aliphatic heterocycles. The summed E-state index contributed by atoms with van der Waals surface area (Å²) < 4.78 is 5.27. The van der Waals surface area contributed by atoms with Crippen LogP contribution in [0.1, 0.15) is 51.9 Å². The molecule has 0 aromatic carbocycles. The fourth-order valence-electron chi connectivity index (χ4n) is 2.28. The third kappa shape index (κ3) is 4.43. The number of rotatable bonds is 5. The van der Waals surface area contributed by atoms with Gasteiger partial charge in [0.1, 0.15) is 0 Å². The monoisotopic (exact) mass is 200 g/mol. The maximum atomic E-state index is 9.95. The lowest BCUT2D eigenvalue weighted by atomic mass is 9.92. The van der Waals surface area contributed by atoms with Gasteiger partial charge in [-0.15, -0.1) is 0 Å². The van der Waals surface area contributed by atoms with Crippen molar-refractivity contribution in [2.24, 2.45) is 5.92 Å². The van der Waals surface area contributed by atoms with Crippen molar-refractivity contribution in [1.29, 1.82) is 0 Å². The minimum Gasteiger partial charge on any atom is -0.393 e. The highest BCUT2D eigenvalue weighted by molar-refractivity contribution is 4.71. The summed E-state index contributed by atoms with van der Waals surface area (Å²) in [5.41, 5.74) is 0. The Hall–Kier alpha value is -0.0800. The molecule has 0 spiro atoms.